The maximum absolute atomic E-state index is 11.7. The number of esters is 1. The number of aryl methyl sites for hydroxylation is 1. The van der Waals surface area contributed by atoms with E-state index in [1.54, 1.807) is 18.3 Å². The van der Waals surface area contributed by atoms with Crippen LogP contribution in [0.15, 0.2) is 46.7 Å². The largest absolute Gasteiger partial charge is 0.465 e. The van der Waals surface area contributed by atoms with Gasteiger partial charge in [-0.1, -0.05) is 24.0 Å². The van der Waals surface area contributed by atoms with E-state index >= 15 is 0 Å². The van der Waals surface area contributed by atoms with Gasteiger partial charge in [0, 0.05) is 54.8 Å². The lowest BCUT2D eigenvalue weighted by molar-refractivity contribution is 0.0600. The normalized spacial score (nSPS) is 18.9. The Hall–Kier alpha value is -2.84. The van der Waals surface area contributed by atoms with Crippen molar-refractivity contribution in [2.24, 2.45) is 4.99 Å². The minimum Gasteiger partial charge on any atom is -0.465 e. The third kappa shape index (κ3) is 4.71. The van der Waals surface area contributed by atoms with Crippen LogP contribution >= 0.6 is 0 Å². The Labute approximate surface area is 167 Å². The van der Waals surface area contributed by atoms with Crippen LogP contribution in [0.25, 0.3) is 0 Å². The van der Waals surface area contributed by atoms with Gasteiger partial charge in [-0.05, 0) is 45.1 Å². The first-order valence-corrected chi connectivity index (χ1v) is 9.52. The highest BCUT2D eigenvalue weighted by Gasteiger charge is 2.25. The van der Waals surface area contributed by atoms with Gasteiger partial charge in [0.05, 0.1) is 12.7 Å². The standard InChI is InChI=1S/C23H27N3O2/c1-17-5-8-20(23(27)28-4)13-19(17)9-6-18-7-10-21(15-24-14-18)26-12-11-22(16-26)25(2)3/h5,7-8,13-15,22H,10-12,16H2,1-4H3. The van der Waals surface area contributed by atoms with Gasteiger partial charge in [-0.15, -0.1) is 0 Å². The lowest BCUT2D eigenvalue weighted by atomic mass is 10.0. The van der Waals surface area contributed by atoms with E-state index in [2.05, 4.69) is 46.8 Å². The van der Waals surface area contributed by atoms with Gasteiger partial charge in [-0.25, -0.2) is 4.79 Å². The topological polar surface area (TPSA) is 45.1 Å². The smallest absolute Gasteiger partial charge is 0.337 e. The average Bonchev–Trinajstić information content (AvgIpc) is 3.07. The van der Waals surface area contributed by atoms with E-state index in [4.69, 9.17) is 4.74 Å². The van der Waals surface area contributed by atoms with Crippen molar-refractivity contribution in [3.8, 4) is 11.8 Å². The molecule has 1 atom stereocenters. The fraction of sp³-hybridized carbons (Fsp3) is 0.391. The highest BCUT2D eigenvalue weighted by molar-refractivity contribution is 5.90. The van der Waals surface area contributed by atoms with E-state index < -0.39 is 0 Å². The summed E-state index contributed by atoms with van der Waals surface area (Å²) in [5.74, 6) is 6.01. The molecular weight excluding hydrogens is 350 g/mol. The van der Waals surface area contributed by atoms with E-state index in [9.17, 15) is 4.79 Å². The Morgan fingerprint density at radius 1 is 1.32 bits per heavy atom. The monoisotopic (exact) mass is 377 g/mol. The minimum atomic E-state index is -0.353. The number of methoxy groups -OCH3 is 1. The zero-order valence-corrected chi connectivity index (χ0v) is 17.0. The van der Waals surface area contributed by atoms with Crippen molar-refractivity contribution in [3.63, 3.8) is 0 Å². The summed E-state index contributed by atoms with van der Waals surface area (Å²) in [4.78, 5) is 20.9. The number of allylic oxidation sites excluding steroid dienone is 2. The van der Waals surface area contributed by atoms with E-state index in [-0.39, 0.29) is 5.97 Å². The molecule has 1 unspecified atom stereocenters. The molecule has 1 saturated heterocycles. The molecule has 5 heteroatoms. The zero-order chi connectivity index (χ0) is 20.1. The van der Waals surface area contributed by atoms with Crippen LogP contribution in [0.1, 0.15) is 34.3 Å². The molecule has 0 radical (unpaired) electrons. The number of hydrogen-bond donors (Lipinski definition) is 0. The van der Waals surface area contributed by atoms with Crippen LogP contribution in [0.2, 0.25) is 0 Å². The molecule has 0 aliphatic carbocycles. The van der Waals surface area contributed by atoms with Crippen LogP contribution in [-0.4, -0.2) is 62.3 Å². The Bertz CT molecular complexity index is 900. The van der Waals surface area contributed by atoms with Crippen LogP contribution in [0.4, 0.5) is 0 Å². The molecule has 1 aromatic rings. The van der Waals surface area contributed by atoms with Crippen LogP contribution in [0, 0.1) is 18.8 Å². The molecule has 2 heterocycles. The second-order valence-corrected chi connectivity index (χ2v) is 7.39. The van der Waals surface area contributed by atoms with Crippen molar-refractivity contribution in [2.75, 3.05) is 34.3 Å². The van der Waals surface area contributed by atoms with E-state index in [1.807, 2.05) is 19.2 Å². The summed E-state index contributed by atoms with van der Waals surface area (Å²) in [6.07, 6.45) is 7.88. The highest BCUT2D eigenvalue weighted by atomic mass is 16.5. The van der Waals surface area contributed by atoms with Crippen molar-refractivity contribution in [1.29, 1.82) is 0 Å². The second kappa shape index (κ2) is 8.90. The summed E-state index contributed by atoms with van der Waals surface area (Å²) in [7, 11) is 5.66. The van der Waals surface area contributed by atoms with Crippen molar-refractivity contribution in [2.45, 2.75) is 25.8 Å². The second-order valence-electron chi connectivity index (χ2n) is 7.39. The molecule has 2 aliphatic rings. The Kier molecular flexibility index (Phi) is 6.33. The zero-order valence-electron chi connectivity index (χ0n) is 17.0. The molecule has 0 aromatic heterocycles. The van der Waals surface area contributed by atoms with Gasteiger partial charge >= 0.3 is 5.97 Å². The quantitative estimate of drug-likeness (QED) is 0.600. The molecule has 2 aliphatic heterocycles. The van der Waals surface area contributed by atoms with Crippen molar-refractivity contribution >= 4 is 12.2 Å². The van der Waals surface area contributed by atoms with Crippen LogP contribution < -0.4 is 0 Å². The fourth-order valence-electron chi connectivity index (χ4n) is 3.38. The third-order valence-electron chi connectivity index (χ3n) is 5.27. The van der Waals surface area contributed by atoms with Crippen molar-refractivity contribution in [3.05, 3.63) is 58.4 Å². The lowest BCUT2D eigenvalue weighted by Gasteiger charge is -2.23. The van der Waals surface area contributed by atoms with Gasteiger partial charge in [-0.2, -0.15) is 0 Å². The van der Waals surface area contributed by atoms with Gasteiger partial charge in [-0.3, -0.25) is 4.99 Å². The SMILES string of the molecule is COC(=O)c1ccc(C)c(C#CC2=CCC(N3CCC(N(C)C)C3)=CN=C2)c1. The molecule has 0 bridgehead atoms. The molecular formula is C23H27N3O2. The number of carbonyl (C=O) groups is 1. The molecule has 28 heavy (non-hydrogen) atoms. The van der Waals surface area contributed by atoms with E-state index in [0.717, 1.165) is 36.2 Å². The van der Waals surface area contributed by atoms with Crippen molar-refractivity contribution < 1.29 is 9.53 Å². The fourth-order valence-corrected chi connectivity index (χ4v) is 3.38. The maximum atomic E-state index is 11.7. The summed E-state index contributed by atoms with van der Waals surface area (Å²) < 4.78 is 4.79. The van der Waals surface area contributed by atoms with E-state index in [0.29, 0.717) is 11.6 Å². The maximum Gasteiger partial charge on any atom is 0.337 e. The Balaban J connectivity index is 1.71. The number of ether oxygens (including phenoxy) is 1. The third-order valence-corrected chi connectivity index (χ3v) is 5.27. The number of benzene rings is 1. The van der Waals surface area contributed by atoms with Gasteiger partial charge < -0.3 is 14.5 Å². The summed E-state index contributed by atoms with van der Waals surface area (Å²) in [6.45, 7) is 4.09. The van der Waals surface area contributed by atoms with Crippen molar-refractivity contribution in [1.82, 2.24) is 9.80 Å². The predicted molar refractivity (Wildman–Crippen MR) is 112 cm³/mol. The van der Waals surface area contributed by atoms with Crippen LogP contribution in [0.5, 0.6) is 0 Å². The predicted octanol–water partition coefficient (Wildman–Crippen LogP) is 3.01. The Morgan fingerprint density at radius 3 is 2.86 bits per heavy atom. The molecule has 0 saturated carbocycles. The number of likely N-dealkylation sites (N-methyl/N-ethyl adjacent to an activating group) is 1. The number of hydrogen-bond acceptors (Lipinski definition) is 5. The number of carbonyl (C=O) groups excluding carboxylic acids is 1. The van der Waals surface area contributed by atoms with Crippen LogP contribution in [-0.2, 0) is 4.74 Å². The van der Waals surface area contributed by atoms with Gasteiger partial charge in [0.15, 0.2) is 0 Å². The molecule has 1 fully saturated rings. The van der Waals surface area contributed by atoms with Crippen LogP contribution in [0.3, 0.4) is 0 Å². The Morgan fingerprint density at radius 2 is 2.14 bits per heavy atom. The first-order valence-electron chi connectivity index (χ1n) is 9.52. The number of rotatable bonds is 3. The summed E-state index contributed by atoms with van der Waals surface area (Å²) in [5.41, 5.74) is 4.48. The molecule has 0 amide bonds. The lowest BCUT2D eigenvalue weighted by Crippen LogP contribution is -2.31. The number of likely N-dealkylation sites (tertiary alicyclic amines) is 1. The van der Waals surface area contributed by atoms with Gasteiger partial charge in [0.25, 0.3) is 0 Å². The minimum absolute atomic E-state index is 0.353. The first-order chi connectivity index (χ1) is 13.5. The number of aliphatic imine (C=N–C) groups is 1. The molecule has 0 spiro atoms. The molecule has 0 N–H and O–H groups in total. The molecule has 146 valence electrons. The summed E-state index contributed by atoms with van der Waals surface area (Å²) in [5, 5.41) is 0. The average molecular weight is 377 g/mol. The van der Waals surface area contributed by atoms with E-state index in [1.165, 1.54) is 19.2 Å². The summed E-state index contributed by atoms with van der Waals surface area (Å²) in [6, 6.07) is 6.02. The molecule has 5 nitrogen and oxygen atoms in total. The van der Waals surface area contributed by atoms with Gasteiger partial charge in [0.1, 0.15) is 0 Å². The molecule has 1 aromatic carbocycles. The summed E-state index contributed by atoms with van der Waals surface area (Å²) >= 11 is 0. The first kappa shape index (κ1) is 19.9. The highest BCUT2D eigenvalue weighted by Crippen LogP contribution is 2.22. The molecule has 3 rings (SSSR count). The number of nitrogens with zero attached hydrogens (tertiary/aromatic N) is 3. The van der Waals surface area contributed by atoms with Gasteiger partial charge in [0.2, 0.25) is 0 Å².